The van der Waals surface area contributed by atoms with Gasteiger partial charge in [0.2, 0.25) is 10.0 Å². The lowest BCUT2D eigenvalue weighted by molar-refractivity contribution is 0.314. The summed E-state index contributed by atoms with van der Waals surface area (Å²) >= 11 is 0. The molecule has 0 N–H and O–H groups in total. The SMILES string of the molecule is Cc1ccccc1S(=O)(=O)N1CCC(c2ccnc3ccnn23)CC1. The van der Waals surface area contributed by atoms with Gasteiger partial charge < -0.3 is 0 Å². The highest BCUT2D eigenvalue weighted by molar-refractivity contribution is 7.89. The fraction of sp³-hybridized carbons (Fsp3) is 0.333. The maximum atomic E-state index is 12.9. The van der Waals surface area contributed by atoms with Crippen LogP contribution in [-0.4, -0.2) is 40.4 Å². The molecule has 0 amide bonds. The topological polar surface area (TPSA) is 67.6 Å². The van der Waals surface area contributed by atoms with Gasteiger partial charge >= 0.3 is 0 Å². The van der Waals surface area contributed by atoms with Crippen LogP contribution in [0.3, 0.4) is 0 Å². The van der Waals surface area contributed by atoms with Crippen molar-refractivity contribution in [2.24, 2.45) is 0 Å². The normalized spacial score (nSPS) is 17.2. The minimum Gasteiger partial charge on any atom is -0.237 e. The van der Waals surface area contributed by atoms with Crippen LogP contribution >= 0.6 is 0 Å². The van der Waals surface area contributed by atoms with Crippen molar-refractivity contribution >= 4 is 15.7 Å². The van der Waals surface area contributed by atoms with Gasteiger partial charge in [-0.25, -0.2) is 17.9 Å². The van der Waals surface area contributed by atoms with Crippen LogP contribution in [0.2, 0.25) is 0 Å². The van der Waals surface area contributed by atoms with Gasteiger partial charge in [0.25, 0.3) is 0 Å². The molecular weight excluding hydrogens is 336 g/mol. The van der Waals surface area contributed by atoms with Gasteiger partial charge in [0.05, 0.1) is 11.1 Å². The Morgan fingerprint density at radius 2 is 1.80 bits per heavy atom. The lowest BCUT2D eigenvalue weighted by atomic mass is 9.94. The van der Waals surface area contributed by atoms with E-state index in [9.17, 15) is 8.42 Å². The molecule has 1 aliphatic heterocycles. The molecule has 3 aromatic rings. The molecule has 25 heavy (non-hydrogen) atoms. The first kappa shape index (κ1) is 16.2. The second-order valence-corrected chi connectivity index (χ2v) is 8.32. The molecular formula is C18H20N4O2S. The van der Waals surface area contributed by atoms with Crippen molar-refractivity contribution in [3.63, 3.8) is 0 Å². The standard InChI is InChI=1S/C18H20N4O2S/c1-14-4-2-3-5-17(14)25(23,24)21-12-8-15(9-13-21)16-6-10-19-18-7-11-20-22(16)18/h2-7,10-11,15H,8-9,12-13H2,1H3. The molecule has 2 aromatic heterocycles. The van der Waals surface area contributed by atoms with E-state index in [2.05, 4.69) is 10.1 Å². The van der Waals surface area contributed by atoms with Gasteiger partial charge in [0.15, 0.2) is 5.65 Å². The number of aromatic nitrogens is 3. The van der Waals surface area contributed by atoms with E-state index < -0.39 is 10.0 Å². The minimum absolute atomic E-state index is 0.286. The van der Waals surface area contributed by atoms with E-state index in [1.807, 2.05) is 35.7 Å². The van der Waals surface area contributed by atoms with Crippen LogP contribution in [0, 0.1) is 6.92 Å². The van der Waals surface area contributed by atoms with E-state index >= 15 is 0 Å². The molecule has 1 fully saturated rings. The van der Waals surface area contributed by atoms with Crippen LogP contribution in [0.25, 0.3) is 5.65 Å². The summed E-state index contributed by atoms with van der Waals surface area (Å²) in [7, 11) is -3.43. The largest absolute Gasteiger partial charge is 0.243 e. The van der Waals surface area contributed by atoms with E-state index in [1.165, 1.54) is 0 Å². The highest BCUT2D eigenvalue weighted by Crippen LogP contribution is 2.31. The number of hydrogen-bond donors (Lipinski definition) is 0. The van der Waals surface area contributed by atoms with Crippen molar-refractivity contribution in [3.05, 3.63) is 60.0 Å². The lowest BCUT2D eigenvalue weighted by Crippen LogP contribution is -2.38. The molecule has 1 aliphatic rings. The molecule has 3 heterocycles. The Hall–Kier alpha value is -2.25. The molecule has 130 valence electrons. The van der Waals surface area contributed by atoms with Crippen LogP contribution in [-0.2, 0) is 10.0 Å². The molecule has 4 rings (SSSR count). The van der Waals surface area contributed by atoms with Crippen LogP contribution < -0.4 is 0 Å². The Labute approximate surface area is 147 Å². The van der Waals surface area contributed by atoms with Crippen molar-refractivity contribution in [2.45, 2.75) is 30.6 Å². The monoisotopic (exact) mass is 356 g/mol. The van der Waals surface area contributed by atoms with Crippen LogP contribution in [0.5, 0.6) is 0 Å². The maximum absolute atomic E-state index is 12.9. The van der Waals surface area contributed by atoms with Gasteiger partial charge in [0, 0.05) is 37.0 Å². The first-order valence-electron chi connectivity index (χ1n) is 8.42. The summed E-state index contributed by atoms with van der Waals surface area (Å²) in [5.74, 6) is 0.286. The van der Waals surface area contributed by atoms with Gasteiger partial charge in [0.1, 0.15) is 0 Å². The number of hydrogen-bond acceptors (Lipinski definition) is 4. The highest BCUT2D eigenvalue weighted by atomic mass is 32.2. The third-order valence-electron chi connectivity index (χ3n) is 4.90. The zero-order valence-electron chi connectivity index (χ0n) is 14.0. The number of benzene rings is 1. The van der Waals surface area contributed by atoms with Crippen molar-refractivity contribution in [1.82, 2.24) is 18.9 Å². The van der Waals surface area contributed by atoms with Crippen molar-refractivity contribution < 1.29 is 8.42 Å². The Kier molecular flexibility index (Phi) is 4.05. The zero-order valence-corrected chi connectivity index (χ0v) is 14.9. The number of rotatable bonds is 3. The molecule has 6 nitrogen and oxygen atoms in total. The Bertz CT molecular complexity index is 1000. The second kappa shape index (κ2) is 6.24. The predicted molar refractivity (Wildman–Crippen MR) is 94.9 cm³/mol. The maximum Gasteiger partial charge on any atom is 0.243 e. The summed E-state index contributed by atoms with van der Waals surface area (Å²) in [6.45, 7) is 2.88. The Morgan fingerprint density at radius 3 is 2.56 bits per heavy atom. The summed E-state index contributed by atoms with van der Waals surface area (Å²) in [5.41, 5.74) is 2.72. The lowest BCUT2D eigenvalue weighted by Gasteiger charge is -2.31. The molecule has 0 saturated carbocycles. The van der Waals surface area contributed by atoms with Gasteiger partial charge in [-0.15, -0.1) is 0 Å². The number of fused-ring (bicyclic) bond motifs is 1. The van der Waals surface area contributed by atoms with Crippen LogP contribution in [0.4, 0.5) is 0 Å². The molecule has 0 spiro atoms. The smallest absolute Gasteiger partial charge is 0.237 e. The first-order chi connectivity index (χ1) is 12.1. The van der Waals surface area contributed by atoms with Crippen molar-refractivity contribution in [2.75, 3.05) is 13.1 Å². The average molecular weight is 356 g/mol. The minimum atomic E-state index is -3.43. The molecule has 1 aromatic carbocycles. The highest BCUT2D eigenvalue weighted by Gasteiger charge is 2.31. The third kappa shape index (κ3) is 2.83. The van der Waals surface area contributed by atoms with Crippen LogP contribution in [0.15, 0.2) is 53.7 Å². The predicted octanol–water partition coefficient (Wildman–Crippen LogP) is 2.61. The fourth-order valence-corrected chi connectivity index (χ4v) is 5.23. The summed E-state index contributed by atoms with van der Waals surface area (Å²) in [6, 6.07) is 11.0. The number of nitrogens with zero attached hydrogens (tertiary/aromatic N) is 4. The van der Waals surface area contributed by atoms with Crippen LogP contribution in [0.1, 0.15) is 30.0 Å². The third-order valence-corrected chi connectivity index (χ3v) is 6.96. The van der Waals surface area contributed by atoms with Gasteiger partial charge in [-0.05, 0) is 37.5 Å². The number of sulfonamides is 1. The summed E-state index contributed by atoms with van der Waals surface area (Å²) < 4.78 is 29.3. The van der Waals surface area contributed by atoms with E-state index in [1.54, 1.807) is 28.8 Å². The van der Waals surface area contributed by atoms with Gasteiger partial charge in [-0.3, -0.25) is 0 Å². The van der Waals surface area contributed by atoms with Gasteiger partial charge in [-0.2, -0.15) is 9.40 Å². The summed E-state index contributed by atoms with van der Waals surface area (Å²) in [5, 5.41) is 4.34. The van der Waals surface area contributed by atoms with E-state index in [0.29, 0.717) is 18.0 Å². The van der Waals surface area contributed by atoms with Gasteiger partial charge in [-0.1, -0.05) is 18.2 Å². The fourth-order valence-electron chi connectivity index (χ4n) is 3.54. The summed E-state index contributed by atoms with van der Waals surface area (Å²) in [6.07, 6.45) is 5.10. The van der Waals surface area contributed by atoms with E-state index in [0.717, 1.165) is 29.7 Å². The molecule has 0 atom stereocenters. The summed E-state index contributed by atoms with van der Waals surface area (Å²) in [4.78, 5) is 4.70. The number of piperidine rings is 1. The molecule has 0 bridgehead atoms. The number of aryl methyl sites for hydroxylation is 1. The van der Waals surface area contributed by atoms with E-state index in [-0.39, 0.29) is 5.92 Å². The molecule has 7 heteroatoms. The molecule has 0 radical (unpaired) electrons. The van der Waals surface area contributed by atoms with Crippen molar-refractivity contribution in [1.29, 1.82) is 0 Å². The Morgan fingerprint density at radius 1 is 1.04 bits per heavy atom. The Balaban J connectivity index is 1.56. The average Bonchev–Trinajstić information content (AvgIpc) is 3.11. The van der Waals surface area contributed by atoms with E-state index in [4.69, 9.17) is 0 Å². The first-order valence-corrected chi connectivity index (χ1v) is 9.86. The molecule has 0 unspecified atom stereocenters. The molecule has 1 saturated heterocycles. The second-order valence-electron chi connectivity index (χ2n) is 6.41. The van der Waals surface area contributed by atoms with Crippen molar-refractivity contribution in [3.8, 4) is 0 Å². The quantitative estimate of drug-likeness (QED) is 0.723. The molecule has 0 aliphatic carbocycles. The zero-order chi connectivity index (χ0) is 17.4.